The first-order valence-electron chi connectivity index (χ1n) is 10.7. The number of ether oxygens (including phenoxy) is 1. The van der Waals surface area contributed by atoms with Gasteiger partial charge in [0.05, 0.1) is 24.0 Å². The van der Waals surface area contributed by atoms with Crippen LogP contribution in [0.3, 0.4) is 0 Å². The second-order valence-electron chi connectivity index (χ2n) is 8.72. The van der Waals surface area contributed by atoms with Gasteiger partial charge in [0.15, 0.2) is 0 Å². The highest BCUT2D eigenvalue weighted by Crippen LogP contribution is 2.54. The van der Waals surface area contributed by atoms with Gasteiger partial charge in [-0.25, -0.2) is 4.98 Å². The number of fused-ring (bicyclic) bond motifs is 1. The lowest BCUT2D eigenvalue weighted by atomic mass is 9.93. The van der Waals surface area contributed by atoms with E-state index in [0.29, 0.717) is 11.0 Å². The molecule has 2 aromatic carbocycles. The molecular formula is C23H22BrF3N4O2. The molecule has 2 fully saturated rings. The molecule has 2 N–H and O–H groups in total. The number of carbonyl (C=O) groups is 1. The van der Waals surface area contributed by atoms with Gasteiger partial charge in [0.25, 0.3) is 5.91 Å². The fourth-order valence-electron chi connectivity index (χ4n) is 4.52. The molecule has 5 rings (SSSR count). The monoisotopic (exact) mass is 522 g/mol. The zero-order valence-corrected chi connectivity index (χ0v) is 19.4. The number of anilines is 2. The van der Waals surface area contributed by atoms with Crippen molar-refractivity contribution in [1.29, 1.82) is 0 Å². The minimum Gasteiger partial charge on any atom is -0.494 e. The molecule has 174 valence electrons. The van der Waals surface area contributed by atoms with E-state index in [1.54, 1.807) is 12.1 Å². The number of nitrogens with one attached hydrogen (secondary N) is 2. The predicted octanol–water partition coefficient (Wildman–Crippen LogP) is 5.99. The molecule has 1 aromatic heterocycles. The summed E-state index contributed by atoms with van der Waals surface area (Å²) in [6.45, 7) is 1.75. The lowest BCUT2D eigenvalue weighted by Crippen LogP contribution is -2.35. The number of aromatic nitrogens is 2. The smallest absolute Gasteiger partial charge is 0.449 e. The average Bonchev–Trinajstić information content (AvgIpc) is 3.35. The van der Waals surface area contributed by atoms with Gasteiger partial charge in [0.2, 0.25) is 5.82 Å². The fraction of sp³-hybridized carbons (Fsp3) is 0.391. The van der Waals surface area contributed by atoms with Gasteiger partial charge in [0.1, 0.15) is 16.8 Å². The third kappa shape index (κ3) is 4.16. The van der Waals surface area contributed by atoms with E-state index in [1.807, 2.05) is 6.07 Å². The van der Waals surface area contributed by atoms with Crippen LogP contribution in [0.25, 0.3) is 11.0 Å². The summed E-state index contributed by atoms with van der Waals surface area (Å²) in [4.78, 5) is 21.5. The van der Waals surface area contributed by atoms with Gasteiger partial charge < -0.3 is 19.9 Å². The number of piperidine rings is 1. The number of alkyl halides is 3. The van der Waals surface area contributed by atoms with Crippen LogP contribution in [0.2, 0.25) is 0 Å². The Balaban J connectivity index is 1.47. The topological polar surface area (TPSA) is 70.2 Å². The Bertz CT molecular complexity index is 1230. The largest absolute Gasteiger partial charge is 0.494 e. The molecule has 2 heterocycles. The highest BCUT2D eigenvalue weighted by atomic mass is 79.9. The van der Waals surface area contributed by atoms with Gasteiger partial charge in [0, 0.05) is 17.6 Å². The summed E-state index contributed by atoms with van der Waals surface area (Å²) in [6.07, 6.45) is 0.116. The van der Waals surface area contributed by atoms with Crippen molar-refractivity contribution in [2.45, 2.75) is 31.9 Å². The van der Waals surface area contributed by atoms with E-state index < -0.39 is 17.9 Å². The number of halogens is 4. The van der Waals surface area contributed by atoms with E-state index in [1.165, 1.54) is 32.1 Å². The molecule has 10 heteroatoms. The van der Waals surface area contributed by atoms with E-state index in [9.17, 15) is 18.0 Å². The van der Waals surface area contributed by atoms with Crippen molar-refractivity contribution in [3.05, 3.63) is 46.2 Å². The minimum absolute atomic E-state index is 0.0117. The predicted molar refractivity (Wildman–Crippen MR) is 123 cm³/mol. The van der Waals surface area contributed by atoms with Crippen molar-refractivity contribution in [2.24, 2.45) is 5.41 Å². The standard InChI is InChI=1S/C23H22BrF3N4O2/c1-33-17-5-4-15(18-19(17)30-21(29-18)23(25,26)27)28-20(32)14-3-2-13(24)12-16(14)31-10-8-22(6-7-22)9-11-31/h2-5,12H,6-11H2,1H3,(H,28,32)(H,29,30). The van der Waals surface area contributed by atoms with Crippen molar-refractivity contribution >= 4 is 44.2 Å². The maximum atomic E-state index is 13.3. The maximum Gasteiger partial charge on any atom is 0.449 e. The van der Waals surface area contributed by atoms with E-state index >= 15 is 0 Å². The van der Waals surface area contributed by atoms with Crippen LogP contribution < -0.4 is 15.0 Å². The Labute approximate surface area is 196 Å². The average molecular weight is 523 g/mol. The molecule has 6 nitrogen and oxygen atoms in total. The number of carbonyl (C=O) groups excluding carboxylic acids is 1. The van der Waals surface area contributed by atoms with Crippen LogP contribution in [0.15, 0.2) is 34.8 Å². The lowest BCUT2D eigenvalue weighted by molar-refractivity contribution is -0.144. The number of methoxy groups -OCH3 is 1. The highest BCUT2D eigenvalue weighted by molar-refractivity contribution is 9.10. The summed E-state index contributed by atoms with van der Waals surface area (Å²) in [5.74, 6) is -1.35. The molecule has 1 amide bonds. The van der Waals surface area contributed by atoms with Gasteiger partial charge in [-0.05, 0) is 61.4 Å². The fourth-order valence-corrected chi connectivity index (χ4v) is 4.87. The third-order valence-corrected chi connectivity index (χ3v) is 7.16. The number of aromatic amines is 1. The molecule has 1 aliphatic heterocycles. The molecule has 2 aliphatic rings. The zero-order chi connectivity index (χ0) is 23.4. The summed E-state index contributed by atoms with van der Waals surface area (Å²) in [5.41, 5.74) is 2.00. The van der Waals surface area contributed by atoms with Crippen LogP contribution in [0.1, 0.15) is 41.9 Å². The molecule has 0 unspecified atom stereocenters. The normalized spacial score (nSPS) is 17.4. The number of H-pyrrole nitrogens is 1. The van der Waals surface area contributed by atoms with E-state index in [2.05, 4.69) is 36.1 Å². The van der Waals surface area contributed by atoms with Crippen LogP contribution in [-0.2, 0) is 6.18 Å². The number of amides is 1. The number of hydrogen-bond donors (Lipinski definition) is 2. The van der Waals surface area contributed by atoms with Gasteiger partial charge in [-0.1, -0.05) is 15.9 Å². The lowest BCUT2D eigenvalue weighted by Gasteiger charge is -2.35. The van der Waals surface area contributed by atoms with E-state index in [0.717, 1.165) is 36.1 Å². The maximum absolute atomic E-state index is 13.3. The first-order valence-corrected chi connectivity index (χ1v) is 11.5. The highest BCUT2D eigenvalue weighted by Gasteiger charge is 2.44. The summed E-state index contributed by atoms with van der Waals surface area (Å²) >= 11 is 3.49. The van der Waals surface area contributed by atoms with Crippen molar-refractivity contribution in [2.75, 3.05) is 30.4 Å². The molecule has 1 saturated carbocycles. The quantitative estimate of drug-likeness (QED) is 0.441. The van der Waals surface area contributed by atoms with Gasteiger partial charge >= 0.3 is 6.18 Å². The van der Waals surface area contributed by atoms with Crippen molar-refractivity contribution in [3.63, 3.8) is 0 Å². The molecule has 1 saturated heterocycles. The molecule has 33 heavy (non-hydrogen) atoms. The molecule has 3 aromatic rings. The van der Waals surface area contributed by atoms with Gasteiger partial charge in [-0.15, -0.1) is 0 Å². The molecule has 0 radical (unpaired) electrons. The molecule has 0 atom stereocenters. The summed E-state index contributed by atoms with van der Waals surface area (Å²) in [5, 5.41) is 2.76. The van der Waals surface area contributed by atoms with E-state index in [4.69, 9.17) is 4.74 Å². The Kier molecular flexibility index (Phi) is 5.30. The Morgan fingerprint density at radius 1 is 1.18 bits per heavy atom. The van der Waals surface area contributed by atoms with Gasteiger partial charge in [-0.2, -0.15) is 13.2 Å². The van der Waals surface area contributed by atoms with Crippen molar-refractivity contribution in [1.82, 2.24) is 9.97 Å². The number of nitrogens with zero attached hydrogens (tertiary/aromatic N) is 2. The SMILES string of the molecule is COc1ccc(NC(=O)c2ccc(Br)cc2N2CCC3(CC2)CC3)c2nc(C(F)(F)F)[nH]c12. The number of rotatable bonds is 4. The first-order chi connectivity index (χ1) is 15.7. The molecule has 1 aliphatic carbocycles. The third-order valence-electron chi connectivity index (χ3n) is 6.67. The molecule has 1 spiro atoms. The molecular weight excluding hydrogens is 501 g/mol. The number of imidazole rings is 1. The van der Waals surface area contributed by atoms with Crippen molar-refractivity contribution in [3.8, 4) is 5.75 Å². The number of hydrogen-bond acceptors (Lipinski definition) is 4. The second kappa shape index (κ2) is 7.93. The Hall–Kier alpha value is -2.75. The summed E-state index contributed by atoms with van der Waals surface area (Å²) < 4.78 is 45.8. The summed E-state index contributed by atoms with van der Waals surface area (Å²) in [7, 11) is 1.36. The van der Waals surface area contributed by atoms with Crippen LogP contribution >= 0.6 is 15.9 Å². The van der Waals surface area contributed by atoms with E-state index in [-0.39, 0.29) is 22.5 Å². The Morgan fingerprint density at radius 2 is 1.91 bits per heavy atom. The number of benzene rings is 2. The minimum atomic E-state index is -4.66. The van der Waals surface area contributed by atoms with Crippen LogP contribution in [0, 0.1) is 5.41 Å². The zero-order valence-electron chi connectivity index (χ0n) is 17.9. The van der Waals surface area contributed by atoms with Gasteiger partial charge in [-0.3, -0.25) is 4.79 Å². The van der Waals surface area contributed by atoms with Crippen LogP contribution in [-0.4, -0.2) is 36.1 Å². The van der Waals surface area contributed by atoms with Crippen LogP contribution in [0.5, 0.6) is 5.75 Å². The second-order valence-corrected chi connectivity index (χ2v) is 9.64. The molecule has 0 bridgehead atoms. The Morgan fingerprint density at radius 3 is 2.55 bits per heavy atom. The van der Waals surface area contributed by atoms with Crippen LogP contribution in [0.4, 0.5) is 24.5 Å². The van der Waals surface area contributed by atoms with Crippen molar-refractivity contribution < 1.29 is 22.7 Å². The summed E-state index contributed by atoms with van der Waals surface area (Å²) in [6, 6.07) is 8.42. The first kappa shape index (κ1) is 22.1.